The minimum atomic E-state index is -0.563. The van der Waals surface area contributed by atoms with Crippen LogP contribution in [0.3, 0.4) is 0 Å². The van der Waals surface area contributed by atoms with Crippen LogP contribution in [0.5, 0.6) is 5.75 Å². The molecule has 4 rings (SSSR count). The van der Waals surface area contributed by atoms with Crippen molar-refractivity contribution in [2.45, 2.75) is 25.0 Å². The average molecular weight is 543 g/mol. The summed E-state index contributed by atoms with van der Waals surface area (Å²) in [5.74, 6) is 0.543. The second-order valence-corrected chi connectivity index (χ2v) is 8.60. The largest absolute Gasteiger partial charge is 0.491 e. The fourth-order valence-corrected chi connectivity index (χ4v) is 4.40. The minimum Gasteiger partial charge on any atom is -0.491 e. The van der Waals surface area contributed by atoms with Crippen molar-refractivity contribution in [3.05, 3.63) is 96.1 Å². The van der Waals surface area contributed by atoms with Crippen LogP contribution >= 0.6 is 24.8 Å². The molecule has 4 N–H and O–H groups in total. The first-order valence-electron chi connectivity index (χ1n) is 11.4. The predicted octanol–water partition coefficient (Wildman–Crippen LogP) is 5.29. The molecular formula is C27H34Cl2F2N2O3. The number of aliphatic hydroxyl groups is 1. The molecule has 0 aliphatic carbocycles. The number of hydrogen-bond donors (Lipinski definition) is 2. The van der Waals surface area contributed by atoms with Crippen LogP contribution in [0, 0.1) is 17.6 Å². The molecule has 1 saturated heterocycles. The molecule has 0 spiro atoms. The van der Waals surface area contributed by atoms with E-state index in [2.05, 4.69) is 10.2 Å². The van der Waals surface area contributed by atoms with Gasteiger partial charge in [0.05, 0.1) is 6.04 Å². The summed E-state index contributed by atoms with van der Waals surface area (Å²) in [4.78, 5) is 2.26. The van der Waals surface area contributed by atoms with Gasteiger partial charge in [-0.15, -0.1) is 24.8 Å². The van der Waals surface area contributed by atoms with E-state index in [-0.39, 0.29) is 54.6 Å². The van der Waals surface area contributed by atoms with Crippen LogP contribution in [0.2, 0.25) is 0 Å². The molecule has 5 nitrogen and oxygen atoms in total. The van der Waals surface area contributed by atoms with Gasteiger partial charge in [0.2, 0.25) is 0 Å². The molecule has 9 heteroatoms. The Kier molecular flexibility index (Phi) is 13.7. The lowest BCUT2D eigenvalue weighted by Crippen LogP contribution is -2.42. The van der Waals surface area contributed by atoms with E-state index in [0.717, 1.165) is 42.9 Å². The van der Waals surface area contributed by atoms with E-state index in [4.69, 9.17) is 4.74 Å². The summed E-state index contributed by atoms with van der Waals surface area (Å²) in [5.41, 5.74) is 1.84. The normalized spacial score (nSPS) is 15.4. The van der Waals surface area contributed by atoms with Gasteiger partial charge in [0.25, 0.3) is 0 Å². The van der Waals surface area contributed by atoms with E-state index in [1.54, 1.807) is 12.1 Å². The maximum atomic E-state index is 13.5. The molecule has 1 heterocycles. The zero-order valence-corrected chi connectivity index (χ0v) is 21.5. The number of benzene rings is 3. The molecule has 36 heavy (non-hydrogen) atoms. The number of hydrogen-bond acceptors (Lipinski definition) is 4. The molecule has 2 unspecified atom stereocenters. The molecule has 1 aliphatic heterocycles. The Hall–Kier alpha value is -2.42. The SMILES string of the molecule is Cl.Cl.O.OC(COc1ccccc1)CN1CCC(C(Nc2ccc(F)cc2)c2ccc(F)cc2)CC1. The quantitative estimate of drug-likeness (QED) is 0.385. The lowest BCUT2D eigenvalue weighted by Gasteiger charge is -2.37. The summed E-state index contributed by atoms with van der Waals surface area (Å²) in [6.45, 7) is 2.53. The van der Waals surface area contributed by atoms with Crippen LogP contribution in [0.1, 0.15) is 24.4 Å². The van der Waals surface area contributed by atoms with Gasteiger partial charge in [0, 0.05) is 12.2 Å². The first kappa shape index (κ1) is 31.6. The predicted molar refractivity (Wildman–Crippen MR) is 144 cm³/mol. The molecule has 3 aromatic carbocycles. The summed E-state index contributed by atoms with van der Waals surface area (Å²) in [5, 5.41) is 13.9. The summed E-state index contributed by atoms with van der Waals surface area (Å²) in [7, 11) is 0. The van der Waals surface area contributed by atoms with E-state index in [1.807, 2.05) is 42.5 Å². The molecule has 0 bridgehead atoms. The van der Waals surface area contributed by atoms with Crippen molar-refractivity contribution in [1.82, 2.24) is 4.90 Å². The van der Waals surface area contributed by atoms with Crippen LogP contribution in [-0.2, 0) is 0 Å². The third-order valence-electron chi connectivity index (χ3n) is 6.15. The number of ether oxygens (including phenoxy) is 1. The Morgan fingerprint density at radius 1 is 0.861 bits per heavy atom. The highest BCUT2D eigenvalue weighted by Crippen LogP contribution is 2.34. The average Bonchev–Trinajstić information content (AvgIpc) is 2.84. The number of nitrogens with zero attached hydrogens (tertiary/aromatic N) is 1. The van der Waals surface area contributed by atoms with Crippen molar-refractivity contribution in [3.8, 4) is 5.75 Å². The number of rotatable bonds is 9. The molecule has 0 radical (unpaired) electrons. The highest BCUT2D eigenvalue weighted by atomic mass is 35.5. The second kappa shape index (κ2) is 15.6. The number of likely N-dealkylation sites (tertiary alicyclic amines) is 1. The lowest BCUT2D eigenvalue weighted by molar-refractivity contribution is 0.0535. The number of nitrogens with one attached hydrogen (secondary N) is 1. The summed E-state index contributed by atoms with van der Waals surface area (Å²) < 4.78 is 32.5. The molecule has 0 aromatic heterocycles. The Labute approximate surface area is 223 Å². The molecule has 198 valence electrons. The van der Waals surface area contributed by atoms with Crippen molar-refractivity contribution in [3.63, 3.8) is 0 Å². The van der Waals surface area contributed by atoms with E-state index < -0.39 is 6.10 Å². The fourth-order valence-electron chi connectivity index (χ4n) is 4.40. The highest BCUT2D eigenvalue weighted by Gasteiger charge is 2.28. The Bertz CT molecular complexity index is 990. The zero-order chi connectivity index (χ0) is 23.0. The molecule has 0 amide bonds. The summed E-state index contributed by atoms with van der Waals surface area (Å²) in [6.07, 6.45) is 1.30. The number of halogens is 4. The first-order valence-corrected chi connectivity index (χ1v) is 11.4. The van der Waals surface area contributed by atoms with Gasteiger partial charge in [-0.2, -0.15) is 0 Å². The van der Waals surface area contributed by atoms with Gasteiger partial charge < -0.3 is 25.5 Å². The fraction of sp³-hybridized carbons (Fsp3) is 0.333. The number of para-hydroxylation sites is 1. The molecular weight excluding hydrogens is 509 g/mol. The third-order valence-corrected chi connectivity index (χ3v) is 6.15. The first-order chi connectivity index (χ1) is 16.1. The number of piperidine rings is 1. The van der Waals surface area contributed by atoms with Gasteiger partial charge in [-0.25, -0.2) is 8.78 Å². The summed E-state index contributed by atoms with van der Waals surface area (Å²) >= 11 is 0. The van der Waals surface area contributed by atoms with Gasteiger partial charge in [-0.05, 0) is 85.9 Å². The van der Waals surface area contributed by atoms with Gasteiger partial charge in [0.1, 0.15) is 30.1 Å². The zero-order valence-electron chi connectivity index (χ0n) is 19.9. The van der Waals surface area contributed by atoms with E-state index in [9.17, 15) is 13.9 Å². The van der Waals surface area contributed by atoms with Crippen molar-refractivity contribution in [2.24, 2.45) is 5.92 Å². The lowest BCUT2D eigenvalue weighted by atomic mass is 9.85. The maximum Gasteiger partial charge on any atom is 0.123 e. The van der Waals surface area contributed by atoms with E-state index in [1.165, 1.54) is 24.3 Å². The van der Waals surface area contributed by atoms with E-state index >= 15 is 0 Å². The van der Waals surface area contributed by atoms with Gasteiger partial charge >= 0.3 is 0 Å². The highest BCUT2D eigenvalue weighted by molar-refractivity contribution is 5.85. The van der Waals surface area contributed by atoms with Crippen molar-refractivity contribution in [1.29, 1.82) is 0 Å². The van der Waals surface area contributed by atoms with Crippen molar-refractivity contribution < 1.29 is 24.1 Å². The van der Waals surface area contributed by atoms with Crippen molar-refractivity contribution >= 4 is 30.5 Å². The summed E-state index contributed by atoms with van der Waals surface area (Å²) in [6, 6.07) is 22.4. The van der Waals surface area contributed by atoms with Gasteiger partial charge in [0.15, 0.2) is 0 Å². The molecule has 1 aliphatic rings. The maximum absolute atomic E-state index is 13.5. The third kappa shape index (κ3) is 9.22. The smallest absolute Gasteiger partial charge is 0.123 e. The van der Waals surface area contributed by atoms with Crippen molar-refractivity contribution in [2.75, 3.05) is 31.6 Å². The second-order valence-electron chi connectivity index (χ2n) is 8.60. The Morgan fingerprint density at radius 2 is 1.42 bits per heavy atom. The minimum absolute atomic E-state index is 0. The van der Waals surface area contributed by atoms with Crippen LogP contribution in [0.4, 0.5) is 14.5 Å². The van der Waals surface area contributed by atoms with Gasteiger partial charge in [-0.1, -0.05) is 30.3 Å². The van der Waals surface area contributed by atoms with Gasteiger partial charge in [-0.3, -0.25) is 0 Å². The van der Waals surface area contributed by atoms with Crippen LogP contribution in [0.25, 0.3) is 0 Å². The van der Waals surface area contributed by atoms with Crippen LogP contribution in [-0.4, -0.2) is 47.8 Å². The van der Waals surface area contributed by atoms with Crippen LogP contribution < -0.4 is 10.1 Å². The standard InChI is InChI=1S/C27H30F2N2O2.2ClH.H2O/c28-22-8-6-20(7-9-22)27(30-24-12-10-23(29)11-13-24)21-14-16-31(17-15-21)18-25(32)19-33-26-4-2-1-3-5-26;;;/h1-13,21,25,27,30,32H,14-19H2;2*1H;1H2. The molecule has 2 atom stereocenters. The Balaban J connectivity index is 0.00000216. The number of β-amino-alcohol motifs (C(OH)–C–C–N with tert-alkyl or cyclic N) is 1. The van der Waals surface area contributed by atoms with Crippen LogP contribution in [0.15, 0.2) is 78.9 Å². The topological polar surface area (TPSA) is 76.2 Å². The molecule has 3 aromatic rings. The number of aliphatic hydroxyl groups excluding tert-OH is 1. The molecule has 1 fully saturated rings. The molecule has 0 saturated carbocycles. The monoisotopic (exact) mass is 542 g/mol. The Morgan fingerprint density at radius 3 is 2.00 bits per heavy atom. The number of anilines is 1. The van der Waals surface area contributed by atoms with E-state index in [0.29, 0.717) is 12.5 Å².